The highest BCUT2D eigenvalue weighted by Gasteiger charge is 2.56. The highest BCUT2D eigenvalue weighted by Crippen LogP contribution is 2.53. The maximum absolute atomic E-state index is 13.8. The number of imide groups is 1. The summed E-state index contributed by atoms with van der Waals surface area (Å²) in [6, 6.07) is 25.9. The van der Waals surface area contributed by atoms with E-state index in [1.54, 1.807) is 24.3 Å². The number of anilines is 2. The van der Waals surface area contributed by atoms with Crippen molar-refractivity contribution in [1.82, 2.24) is 4.57 Å². The summed E-state index contributed by atoms with van der Waals surface area (Å²) in [6.45, 7) is 1.71. The van der Waals surface area contributed by atoms with Crippen LogP contribution >= 0.6 is 23.1 Å². The summed E-state index contributed by atoms with van der Waals surface area (Å²) >= 11 is 2.26. The summed E-state index contributed by atoms with van der Waals surface area (Å²) in [6.07, 6.45) is 0. The lowest BCUT2D eigenvalue weighted by molar-refractivity contribution is -0.122. The van der Waals surface area contributed by atoms with Crippen molar-refractivity contribution in [1.29, 1.82) is 0 Å². The Morgan fingerprint density at radius 3 is 2.24 bits per heavy atom. The molecule has 1 N–H and O–H groups in total. The summed E-state index contributed by atoms with van der Waals surface area (Å²) in [7, 11) is 0. The zero-order valence-corrected chi connectivity index (χ0v) is 22.0. The van der Waals surface area contributed by atoms with Crippen LogP contribution in [0.3, 0.4) is 0 Å². The molecule has 3 aromatic carbocycles. The molecule has 6 rings (SSSR count). The minimum atomic E-state index is -0.708. The zero-order chi connectivity index (χ0) is 26.4. The zero-order valence-electron chi connectivity index (χ0n) is 20.4. The normalized spacial score (nSPS) is 20.2. The van der Waals surface area contributed by atoms with Crippen LogP contribution in [0, 0.1) is 12.8 Å². The second kappa shape index (κ2) is 9.74. The first-order chi connectivity index (χ1) is 18.4. The molecule has 190 valence electrons. The number of aromatic nitrogens is 1. The number of rotatable bonds is 5. The van der Waals surface area contributed by atoms with Crippen molar-refractivity contribution in [2.24, 2.45) is 5.92 Å². The molecule has 0 spiro atoms. The SMILES string of the molecule is Cc1ccccc1NC(=O)Cn1c2c(sc1=O)C(c1ccccc1)C1C(=O)N(c3ccccc3)C(=O)C1S2. The van der Waals surface area contributed by atoms with Gasteiger partial charge in [0.05, 0.1) is 16.6 Å². The molecule has 2 aliphatic rings. The minimum Gasteiger partial charge on any atom is -0.324 e. The molecule has 0 bridgehead atoms. The van der Waals surface area contributed by atoms with Gasteiger partial charge in [0.2, 0.25) is 17.7 Å². The van der Waals surface area contributed by atoms with Gasteiger partial charge < -0.3 is 5.32 Å². The number of aryl methyl sites for hydroxylation is 1. The Bertz CT molecular complexity index is 1610. The highest BCUT2D eigenvalue weighted by atomic mass is 32.2. The predicted molar refractivity (Wildman–Crippen MR) is 149 cm³/mol. The van der Waals surface area contributed by atoms with Gasteiger partial charge in [0.15, 0.2) is 0 Å². The number of thioether (sulfide) groups is 1. The Hall–Kier alpha value is -3.95. The number of para-hydroxylation sites is 2. The van der Waals surface area contributed by atoms with Gasteiger partial charge in [-0.25, -0.2) is 4.90 Å². The smallest absolute Gasteiger partial charge is 0.308 e. The summed E-state index contributed by atoms with van der Waals surface area (Å²) in [5.41, 5.74) is 2.98. The van der Waals surface area contributed by atoms with Crippen LogP contribution in [-0.4, -0.2) is 27.5 Å². The molecule has 1 saturated heterocycles. The summed E-state index contributed by atoms with van der Waals surface area (Å²) < 4.78 is 1.44. The van der Waals surface area contributed by atoms with Crippen LogP contribution in [0.15, 0.2) is 94.7 Å². The molecule has 3 amide bonds. The van der Waals surface area contributed by atoms with E-state index < -0.39 is 17.1 Å². The number of thiazole rings is 1. The number of nitrogens with zero attached hydrogens (tertiary/aromatic N) is 2. The Balaban J connectivity index is 1.41. The number of hydrogen-bond donors (Lipinski definition) is 1. The molecule has 9 heteroatoms. The van der Waals surface area contributed by atoms with Gasteiger partial charge in [0.1, 0.15) is 11.8 Å². The molecule has 1 fully saturated rings. The maximum Gasteiger partial charge on any atom is 0.308 e. The van der Waals surface area contributed by atoms with Crippen LogP contribution in [0.25, 0.3) is 0 Å². The Kier molecular flexibility index (Phi) is 6.25. The molecule has 0 aliphatic carbocycles. The fraction of sp³-hybridized carbons (Fsp3) is 0.172. The van der Waals surface area contributed by atoms with E-state index in [0.29, 0.717) is 21.3 Å². The summed E-state index contributed by atoms with van der Waals surface area (Å²) in [5, 5.41) is 2.75. The standard InChI is InChI=1S/C29H23N3O4S2/c1-17-10-8-9-15-20(17)30-21(33)16-31-28-25(38-29(31)36)22(18-11-4-2-5-12-18)23-24(37-28)27(35)32(26(23)34)19-13-6-3-7-14-19/h2-15,22-24H,16H2,1H3,(H,30,33). The molecule has 0 radical (unpaired) electrons. The minimum absolute atomic E-state index is 0.185. The van der Waals surface area contributed by atoms with Crippen molar-refractivity contribution in [3.63, 3.8) is 0 Å². The van der Waals surface area contributed by atoms with Crippen molar-refractivity contribution in [2.45, 2.75) is 29.7 Å². The fourth-order valence-electron chi connectivity index (χ4n) is 5.15. The highest BCUT2D eigenvalue weighted by molar-refractivity contribution is 8.00. The number of hydrogen-bond acceptors (Lipinski definition) is 6. The van der Waals surface area contributed by atoms with Crippen molar-refractivity contribution in [3.05, 3.63) is 111 Å². The number of amides is 3. The van der Waals surface area contributed by atoms with Gasteiger partial charge in [-0.15, -0.1) is 0 Å². The molecule has 2 aliphatic heterocycles. The third-order valence-electron chi connectivity index (χ3n) is 6.94. The molecule has 1 aromatic heterocycles. The van der Waals surface area contributed by atoms with Crippen LogP contribution in [0.5, 0.6) is 0 Å². The monoisotopic (exact) mass is 541 g/mol. The molecule has 38 heavy (non-hydrogen) atoms. The number of benzene rings is 3. The second-order valence-electron chi connectivity index (χ2n) is 9.29. The lowest BCUT2D eigenvalue weighted by Crippen LogP contribution is -2.33. The van der Waals surface area contributed by atoms with E-state index >= 15 is 0 Å². The first kappa shape index (κ1) is 24.4. The maximum atomic E-state index is 13.8. The molecule has 7 nitrogen and oxygen atoms in total. The van der Waals surface area contributed by atoms with Crippen molar-refractivity contribution in [2.75, 3.05) is 10.2 Å². The van der Waals surface area contributed by atoms with Gasteiger partial charge in [-0.05, 0) is 36.2 Å². The average Bonchev–Trinajstić information content (AvgIpc) is 3.37. The molecule has 4 aromatic rings. The summed E-state index contributed by atoms with van der Waals surface area (Å²) in [4.78, 5) is 55.4. The third-order valence-corrected chi connectivity index (χ3v) is 9.55. The van der Waals surface area contributed by atoms with Gasteiger partial charge in [0.25, 0.3) is 0 Å². The Labute approximate surface area is 227 Å². The lowest BCUT2D eigenvalue weighted by atomic mass is 9.83. The summed E-state index contributed by atoms with van der Waals surface area (Å²) in [5.74, 6) is -2.04. The number of carbonyl (C=O) groups is 3. The Morgan fingerprint density at radius 2 is 1.53 bits per heavy atom. The van der Waals surface area contributed by atoms with E-state index in [-0.39, 0.29) is 29.1 Å². The van der Waals surface area contributed by atoms with E-state index in [1.807, 2.05) is 67.6 Å². The second-order valence-corrected chi connectivity index (χ2v) is 11.4. The Morgan fingerprint density at radius 1 is 0.868 bits per heavy atom. The van der Waals surface area contributed by atoms with Crippen LogP contribution in [0.2, 0.25) is 0 Å². The predicted octanol–water partition coefficient (Wildman–Crippen LogP) is 4.65. The van der Waals surface area contributed by atoms with E-state index in [2.05, 4.69) is 5.32 Å². The van der Waals surface area contributed by atoms with Gasteiger partial charge in [-0.2, -0.15) is 0 Å². The third kappa shape index (κ3) is 4.08. The van der Waals surface area contributed by atoms with Gasteiger partial charge in [0, 0.05) is 16.5 Å². The van der Waals surface area contributed by atoms with Crippen LogP contribution in [-0.2, 0) is 20.9 Å². The van der Waals surface area contributed by atoms with Crippen molar-refractivity contribution >= 4 is 52.2 Å². The first-order valence-electron chi connectivity index (χ1n) is 12.2. The van der Waals surface area contributed by atoms with Crippen LogP contribution in [0.1, 0.15) is 21.9 Å². The molecule has 3 unspecified atom stereocenters. The molecule has 3 atom stereocenters. The lowest BCUT2D eigenvalue weighted by Gasteiger charge is -2.30. The van der Waals surface area contributed by atoms with E-state index in [1.165, 1.54) is 21.2 Å². The van der Waals surface area contributed by atoms with Crippen molar-refractivity contribution < 1.29 is 14.4 Å². The van der Waals surface area contributed by atoms with Crippen LogP contribution in [0.4, 0.5) is 11.4 Å². The van der Waals surface area contributed by atoms with E-state index in [0.717, 1.165) is 22.5 Å². The first-order valence-corrected chi connectivity index (χ1v) is 13.9. The molecule has 0 saturated carbocycles. The topological polar surface area (TPSA) is 88.5 Å². The quantitative estimate of drug-likeness (QED) is 0.372. The van der Waals surface area contributed by atoms with E-state index in [9.17, 15) is 19.2 Å². The number of fused-ring (bicyclic) bond motifs is 2. The van der Waals surface area contributed by atoms with Gasteiger partial charge >= 0.3 is 4.87 Å². The van der Waals surface area contributed by atoms with E-state index in [4.69, 9.17) is 0 Å². The molecular formula is C29H23N3O4S2. The van der Waals surface area contributed by atoms with Gasteiger partial charge in [-0.1, -0.05) is 89.8 Å². The molecule has 3 heterocycles. The number of nitrogens with one attached hydrogen (secondary N) is 1. The largest absolute Gasteiger partial charge is 0.324 e. The number of carbonyl (C=O) groups excluding carboxylic acids is 3. The molecular weight excluding hydrogens is 518 g/mol. The fourth-order valence-corrected chi connectivity index (χ4v) is 7.93. The van der Waals surface area contributed by atoms with Crippen molar-refractivity contribution in [3.8, 4) is 0 Å². The van der Waals surface area contributed by atoms with Crippen LogP contribution < -0.4 is 15.1 Å². The average molecular weight is 542 g/mol. The van der Waals surface area contributed by atoms with Gasteiger partial charge in [-0.3, -0.25) is 23.7 Å².